The number of nitrogens with zero attached hydrogens (tertiary/aromatic N) is 1. The molecule has 0 aliphatic rings. The summed E-state index contributed by atoms with van der Waals surface area (Å²) in [6.45, 7) is -0.197. The van der Waals surface area contributed by atoms with Crippen molar-refractivity contribution >= 4 is 21.8 Å². The van der Waals surface area contributed by atoms with E-state index in [1.54, 1.807) is 0 Å². The van der Waals surface area contributed by atoms with Gasteiger partial charge in [0.05, 0.1) is 11.0 Å². The second kappa shape index (κ2) is 3.58. The van der Waals surface area contributed by atoms with Gasteiger partial charge in [-0.1, -0.05) is 30.3 Å². The standard InChI is InChI=1S/C14H10NO/c16-9-11-5-3-7-14-12(11)8-10-4-1-2-6-13(10)15-14/h1-8H,9H2. The highest BCUT2D eigenvalue weighted by Gasteiger charge is 2.03. The van der Waals surface area contributed by atoms with Crippen LogP contribution in [0.4, 0.5) is 0 Å². The third kappa shape index (κ3) is 1.35. The second-order valence-electron chi connectivity index (χ2n) is 3.81. The van der Waals surface area contributed by atoms with Crippen molar-refractivity contribution < 1.29 is 5.11 Å². The highest BCUT2D eigenvalue weighted by molar-refractivity contribution is 5.94. The lowest BCUT2D eigenvalue weighted by Crippen LogP contribution is -1.87. The minimum absolute atomic E-state index is 0.197. The quantitative estimate of drug-likeness (QED) is 0.564. The second-order valence-corrected chi connectivity index (χ2v) is 3.81. The number of hydrogen-bond donors (Lipinski definition) is 0. The minimum atomic E-state index is -0.197. The van der Waals surface area contributed by atoms with Gasteiger partial charge in [0.15, 0.2) is 0 Å². The topological polar surface area (TPSA) is 32.8 Å². The summed E-state index contributed by atoms with van der Waals surface area (Å²) in [5.74, 6) is 0. The van der Waals surface area contributed by atoms with E-state index in [9.17, 15) is 5.11 Å². The lowest BCUT2D eigenvalue weighted by atomic mass is 10.1. The molecule has 0 unspecified atom stereocenters. The van der Waals surface area contributed by atoms with Crippen molar-refractivity contribution in [3.63, 3.8) is 0 Å². The summed E-state index contributed by atoms with van der Waals surface area (Å²) < 4.78 is 0. The van der Waals surface area contributed by atoms with Crippen LogP contribution in [0.5, 0.6) is 0 Å². The van der Waals surface area contributed by atoms with Crippen LogP contribution in [0.25, 0.3) is 21.8 Å². The molecule has 1 heterocycles. The minimum Gasteiger partial charge on any atom is -0.248 e. The molecule has 77 valence electrons. The highest BCUT2D eigenvalue weighted by atomic mass is 16.3. The number of pyridine rings is 1. The van der Waals surface area contributed by atoms with Crippen molar-refractivity contribution in [2.75, 3.05) is 0 Å². The van der Waals surface area contributed by atoms with Crippen molar-refractivity contribution in [1.82, 2.24) is 4.98 Å². The van der Waals surface area contributed by atoms with Crippen LogP contribution in [0.2, 0.25) is 0 Å². The van der Waals surface area contributed by atoms with Crippen LogP contribution >= 0.6 is 0 Å². The molecule has 2 nitrogen and oxygen atoms in total. The number of aromatic nitrogens is 1. The first-order chi connectivity index (χ1) is 7.88. The fraction of sp³-hybridized carbons (Fsp3) is 0.0714. The van der Waals surface area contributed by atoms with Gasteiger partial charge in [-0.25, -0.2) is 10.1 Å². The zero-order valence-corrected chi connectivity index (χ0v) is 8.68. The van der Waals surface area contributed by atoms with E-state index in [0.29, 0.717) is 0 Å². The first-order valence-corrected chi connectivity index (χ1v) is 5.24. The van der Waals surface area contributed by atoms with Gasteiger partial charge < -0.3 is 0 Å². The summed E-state index contributed by atoms with van der Waals surface area (Å²) in [6.07, 6.45) is 0. The van der Waals surface area contributed by atoms with E-state index in [-0.39, 0.29) is 6.61 Å². The Bertz CT molecular complexity index is 661. The van der Waals surface area contributed by atoms with Gasteiger partial charge in [0, 0.05) is 10.8 Å². The smallest absolute Gasteiger partial charge is 0.108 e. The molecule has 0 bridgehead atoms. The number of benzene rings is 2. The Morgan fingerprint density at radius 2 is 1.75 bits per heavy atom. The Morgan fingerprint density at radius 3 is 2.62 bits per heavy atom. The highest BCUT2D eigenvalue weighted by Crippen LogP contribution is 2.22. The van der Waals surface area contributed by atoms with Gasteiger partial charge in [0.25, 0.3) is 0 Å². The van der Waals surface area contributed by atoms with Gasteiger partial charge in [-0.2, -0.15) is 0 Å². The van der Waals surface area contributed by atoms with E-state index < -0.39 is 0 Å². The Labute approximate surface area is 93.2 Å². The normalized spacial score (nSPS) is 11.1. The van der Waals surface area contributed by atoms with Crippen LogP contribution in [0.15, 0.2) is 48.5 Å². The molecule has 1 aromatic heterocycles. The first kappa shape index (κ1) is 9.31. The maximum Gasteiger partial charge on any atom is 0.108 e. The molecule has 0 spiro atoms. The molecule has 0 aliphatic carbocycles. The van der Waals surface area contributed by atoms with Gasteiger partial charge in [-0.3, -0.25) is 0 Å². The Kier molecular flexibility index (Phi) is 2.08. The van der Waals surface area contributed by atoms with E-state index in [4.69, 9.17) is 0 Å². The number of para-hydroxylation sites is 1. The van der Waals surface area contributed by atoms with Crippen LogP contribution in [0.3, 0.4) is 0 Å². The van der Waals surface area contributed by atoms with Crippen molar-refractivity contribution in [3.05, 3.63) is 54.1 Å². The molecule has 16 heavy (non-hydrogen) atoms. The molecule has 3 aromatic rings. The summed E-state index contributed by atoms with van der Waals surface area (Å²) in [7, 11) is 0. The lowest BCUT2D eigenvalue weighted by molar-refractivity contribution is 0.179. The maximum absolute atomic E-state index is 11.1. The van der Waals surface area contributed by atoms with Gasteiger partial charge >= 0.3 is 0 Å². The van der Waals surface area contributed by atoms with E-state index in [0.717, 1.165) is 27.4 Å². The zero-order chi connectivity index (χ0) is 11.0. The largest absolute Gasteiger partial charge is 0.248 e. The maximum atomic E-state index is 11.1. The zero-order valence-electron chi connectivity index (χ0n) is 8.68. The predicted octanol–water partition coefficient (Wildman–Crippen LogP) is 3.32. The Hall–Kier alpha value is -1.93. The molecule has 0 aliphatic heterocycles. The van der Waals surface area contributed by atoms with E-state index in [1.165, 1.54) is 0 Å². The third-order valence-corrected chi connectivity index (χ3v) is 2.81. The SMILES string of the molecule is [O]Cc1cccc2nc3ccccc3cc12. The van der Waals surface area contributed by atoms with Crippen molar-refractivity contribution in [2.45, 2.75) is 6.61 Å². The average molecular weight is 208 g/mol. The fourth-order valence-corrected chi connectivity index (χ4v) is 1.99. The summed E-state index contributed by atoms with van der Waals surface area (Å²) in [5, 5.41) is 13.1. The van der Waals surface area contributed by atoms with Gasteiger partial charge in [0.1, 0.15) is 6.61 Å². The van der Waals surface area contributed by atoms with Crippen LogP contribution in [0, 0.1) is 0 Å². The lowest BCUT2D eigenvalue weighted by Gasteiger charge is -2.04. The Morgan fingerprint density at radius 1 is 0.938 bits per heavy atom. The average Bonchev–Trinajstić information content (AvgIpc) is 2.35. The number of fused-ring (bicyclic) bond motifs is 2. The first-order valence-electron chi connectivity index (χ1n) is 5.24. The molecule has 0 saturated heterocycles. The molecule has 0 N–H and O–H groups in total. The van der Waals surface area contributed by atoms with Gasteiger partial charge in [0.2, 0.25) is 0 Å². The van der Waals surface area contributed by atoms with Crippen molar-refractivity contribution in [2.24, 2.45) is 0 Å². The van der Waals surface area contributed by atoms with Crippen molar-refractivity contribution in [1.29, 1.82) is 0 Å². The summed E-state index contributed by atoms with van der Waals surface area (Å²) >= 11 is 0. The summed E-state index contributed by atoms with van der Waals surface area (Å²) in [6, 6.07) is 15.7. The molecule has 0 saturated carbocycles. The number of hydrogen-bond acceptors (Lipinski definition) is 1. The van der Waals surface area contributed by atoms with E-state index in [2.05, 4.69) is 4.98 Å². The molecule has 2 aromatic carbocycles. The van der Waals surface area contributed by atoms with Crippen LogP contribution < -0.4 is 0 Å². The van der Waals surface area contributed by atoms with Crippen LogP contribution in [-0.2, 0) is 11.7 Å². The molecular weight excluding hydrogens is 198 g/mol. The van der Waals surface area contributed by atoms with Crippen LogP contribution in [-0.4, -0.2) is 4.98 Å². The van der Waals surface area contributed by atoms with E-state index in [1.807, 2.05) is 48.5 Å². The molecule has 3 rings (SSSR count). The Balaban J connectivity index is 2.46. The van der Waals surface area contributed by atoms with Crippen LogP contribution in [0.1, 0.15) is 5.56 Å². The molecule has 0 atom stereocenters. The third-order valence-electron chi connectivity index (χ3n) is 2.81. The summed E-state index contributed by atoms with van der Waals surface area (Å²) in [5.41, 5.74) is 2.68. The monoisotopic (exact) mass is 208 g/mol. The number of rotatable bonds is 1. The van der Waals surface area contributed by atoms with Gasteiger partial charge in [-0.15, -0.1) is 0 Å². The summed E-state index contributed by atoms with van der Waals surface area (Å²) in [4.78, 5) is 4.55. The van der Waals surface area contributed by atoms with Crippen molar-refractivity contribution in [3.8, 4) is 0 Å². The molecule has 1 radical (unpaired) electrons. The predicted molar refractivity (Wildman–Crippen MR) is 63.6 cm³/mol. The molecular formula is C14H10NO. The van der Waals surface area contributed by atoms with E-state index >= 15 is 0 Å². The fourth-order valence-electron chi connectivity index (χ4n) is 1.99. The molecule has 0 fully saturated rings. The molecule has 0 amide bonds. The molecule has 2 heteroatoms. The van der Waals surface area contributed by atoms with Gasteiger partial charge in [-0.05, 0) is 23.8 Å².